The van der Waals surface area contributed by atoms with Crippen molar-refractivity contribution in [1.29, 1.82) is 0 Å². The quantitative estimate of drug-likeness (QED) is 0.511. The largest absolute Gasteiger partial charge is 0.490 e. The predicted molar refractivity (Wildman–Crippen MR) is 94.6 cm³/mol. The maximum absolute atomic E-state index is 6.38. The van der Waals surface area contributed by atoms with Crippen LogP contribution in [0.1, 0.15) is 27.3 Å². The Balaban J connectivity index is 2.02. The fourth-order valence-corrected chi connectivity index (χ4v) is 5.37. The minimum atomic E-state index is 0.0234. The molecule has 0 bridgehead atoms. The van der Waals surface area contributed by atoms with Crippen molar-refractivity contribution in [1.82, 2.24) is 0 Å². The standard InChI is InChI=1S/C15H13Br2ClO2S/c1-8-7-21-15(14(8)18)13(17)9-5-11-12(6-10(9)16)20-4-2-3-19-11/h5-7,13H,2-4H2,1H3. The number of ether oxygens (including phenoxy) is 2. The van der Waals surface area contributed by atoms with Crippen LogP contribution in [-0.4, -0.2) is 13.2 Å². The zero-order valence-electron chi connectivity index (χ0n) is 11.3. The van der Waals surface area contributed by atoms with Crippen LogP contribution in [0, 0.1) is 6.92 Å². The van der Waals surface area contributed by atoms with E-state index in [4.69, 9.17) is 21.1 Å². The van der Waals surface area contributed by atoms with Crippen LogP contribution in [0.5, 0.6) is 11.5 Å². The Hall–Kier alpha value is -0.230. The third-order valence-electron chi connectivity index (χ3n) is 3.30. The van der Waals surface area contributed by atoms with E-state index in [1.54, 1.807) is 11.3 Å². The Bertz CT molecular complexity index is 672. The van der Waals surface area contributed by atoms with E-state index in [9.17, 15) is 0 Å². The summed E-state index contributed by atoms with van der Waals surface area (Å²) in [6.45, 7) is 3.39. The van der Waals surface area contributed by atoms with Crippen molar-refractivity contribution >= 4 is 54.8 Å². The number of hydrogen-bond acceptors (Lipinski definition) is 3. The van der Waals surface area contributed by atoms with Crippen molar-refractivity contribution in [3.05, 3.63) is 43.0 Å². The van der Waals surface area contributed by atoms with Gasteiger partial charge in [0.15, 0.2) is 11.5 Å². The molecule has 2 nitrogen and oxygen atoms in total. The van der Waals surface area contributed by atoms with E-state index in [2.05, 4.69) is 37.2 Å². The normalized spacial score (nSPS) is 15.6. The highest BCUT2D eigenvalue weighted by Crippen LogP contribution is 2.46. The van der Waals surface area contributed by atoms with Gasteiger partial charge in [0.2, 0.25) is 0 Å². The first-order valence-corrected chi connectivity index (χ1v) is 9.51. The summed E-state index contributed by atoms with van der Waals surface area (Å²) in [5.74, 6) is 1.58. The van der Waals surface area contributed by atoms with Gasteiger partial charge in [-0.3, -0.25) is 0 Å². The van der Waals surface area contributed by atoms with Crippen LogP contribution in [0.2, 0.25) is 5.02 Å². The molecule has 1 aromatic heterocycles. The lowest BCUT2D eigenvalue weighted by Gasteiger charge is -2.15. The van der Waals surface area contributed by atoms with Crippen LogP contribution >= 0.6 is 54.8 Å². The molecule has 2 heterocycles. The third kappa shape index (κ3) is 3.11. The van der Waals surface area contributed by atoms with E-state index in [1.165, 1.54) is 0 Å². The van der Waals surface area contributed by atoms with Crippen LogP contribution in [0.15, 0.2) is 22.0 Å². The van der Waals surface area contributed by atoms with E-state index in [-0.39, 0.29) is 4.83 Å². The zero-order chi connectivity index (χ0) is 15.0. The van der Waals surface area contributed by atoms with Crippen molar-refractivity contribution in [2.24, 2.45) is 0 Å². The van der Waals surface area contributed by atoms with Gasteiger partial charge in [-0.2, -0.15) is 0 Å². The Morgan fingerprint density at radius 2 is 1.90 bits per heavy atom. The summed E-state index contributed by atoms with van der Waals surface area (Å²) in [6.07, 6.45) is 0.898. The second-order valence-electron chi connectivity index (χ2n) is 4.83. The van der Waals surface area contributed by atoms with E-state index in [1.807, 2.05) is 19.1 Å². The molecule has 0 saturated carbocycles. The van der Waals surface area contributed by atoms with Crippen molar-refractivity contribution in [2.75, 3.05) is 13.2 Å². The van der Waals surface area contributed by atoms with Gasteiger partial charge in [-0.25, -0.2) is 0 Å². The smallest absolute Gasteiger partial charge is 0.162 e. The Morgan fingerprint density at radius 3 is 2.52 bits per heavy atom. The van der Waals surface area contributed by atoms with Crippen LogP contribution in [0.4, 0.5) is 0 Å². The number of alkyl halides is 1. The predicted octanol–water partition coefficient (Wildman–Crippen LogP) is 6.12. The van der Waals surface area contributed by atoms with Crippen LogP contribution in [0.3, 0.4) is 0 Å². The summed E-state index contributed by atoms with van der Waals surface area (Å²) >= 11 is 15.4. The molecule has 0 N–H and O–H groups in total. The van der Waals surface area contributed by atoms with E-state index < -0.39 is 0 Å². The van der Waals surface area contributed by atoms with Gasteiger partial charge in [0.25, 0.3) is 0 Å². The van der Waals surface area contributed by atoms with Gasteiger partial charge in [0, 0.05) is 15.8 Å². The summed E-state index contributed by atoms with van der Waals surface area (Å²) in [5.41, 5.74) is 2.19. The summed E-state index contributed by atoms with van der Waals surface area (Å²) in [6, 6.07) is 3.99. The maximum Gasteiger partial charge on any atom is 0.162 e. The topological polar surface area (TPSA) is 18.5 Å². The Labute approximate surface area is 149 Å². The first-order chi connectivity index (χ1) is 10.1. The van der Waals surface area contributed by atoms with Crippen LogP contribution < -0.4 is 9.47 Å². The Kier molecular flexibility index (Phi) is 4.84. The molecule has 1 aliphatic heterocycles. The first-order valence-electron chi connectivity index (χ1n) is 6.54. The van der Waals surface area contributed by atoms with Crippen molar-refractivity contribution in [3.8, 4) is 11.5 Å². The molecule has 2 aromatic rings. The number of benzene rings is 1. The van der Waals surface area contributed by atoms with Crippen LogP contribution in [-0.2, 0) is 0 Å². The SMILES string of the molecule is Cc1csc(C(Br)c2cc3c(cc2Br)OCCCO3)c1Cl. The van der Waals surface area contributed by atoms with E-state index in [0.29, 0.717) is 13.2 Å². The lowest BCUT2D eigenvalue weighted by atomic mass is 10.1. The number of hydrogen-bond donors (Lipinski definition) is 0. The molecular formula is C15H13Br2ClO2S. The highest BCUT2D eigenvalue weighted by molar-refractivity contribution is 9.11. The molecular weight excluding hydrogens is 439 g/mol. The summed E-state index contributed by atoms with van der Waals surface area (Å²) in [4.78, 5) is 1.12. The highest BCUT2D eigenvalue weighted by Gasteiger charge is 2.22. The van der Waals surface area contributed by atoms with Gasteiger partial charge < -0.3 is 9.47 Å². The minimum absolute atomic E-state index is 0.0234. The van der Waals surface area contributed by atoms with E-state index in [0.717, 1.165) is 43.4 Å². The number of fused-ring (bicyclic) bond motifs is 1. The number of halogens is 3. The molecule has 1 aromatic carbocycles. The molecule has 0 aliphatic carbocycles. The third-order valence-corrected chi connectivity index (χ3v) is 7.02. The van der Waals surface area contributed by atoms with Gasteiger partial charge in [-0.15, -0.1) is 11.3 Å². The second kappa shape index (κ2) is 6.49. The average molecular weight is 453 g/mol. The molecule has 1 atom stereocenters. The molecule has 112 valence electrons. The molecule has 0 spiro atoms. The molecule has 21 heavy (non-hydrogen) atoms. The summed E-state index contributed by atoms with van der Waals surface area (Å²) in [5, 5.41) is 2.89. The molecule has 0 saturated heterocycles. The lowest BCUT2D eigenvalue weighted by molar-refractivity contribution is 0.297. The number of rotatable bonds is 2. The monoisotopic (exact) mass is 450 g/mol. The first kappa shape index (κ1) is 15.7. The van der Waals surface area contributed by atoms with E-state index >= 15 is 0 Å². The fourth-order valence-electron chi connectivity index (χ4n) is 2.16. The van der Waals surface area contributed by atoms with Crippen molar-refractivity contribution in [3.63, 3.8) is 0 Å². The summed E-state index contributed by atoms with van der Waals surface area (Å²) in [7, 11) is 0. The number of aryl methyl sites for hydroxylation is 1. The average Bonchev–Trinajstić information content (AvgIpc) is 2.67. The van der Waals surface area contributed by atoms with Gasteiger partial charge in [0.1, 0.15) is 0 Å². The molecule has 6 heteroatoms. The van der Waals surface area contributed by atoms with Gasteiger partial charge in [-0.1, -0.05) is 43.5 Å². The molecule has 0 amide bonds. The van der Waals surface area contributed by atoms with Gasteiger partial charge in [-0.05, 0) is 35.6 Å². The maximum atomic E-state index is 6.38. The molecule has 3 rings (SSSR count). The van der Waals surface area contributed by atoms with Gasteiger partial charge in [0.05, 0.1) is 23.1 Å². The summed E-state index contributed by atoms with van der Waals surface area (Å²) < 4.78 is 12.5. The van der Waals surface area contributed by atoms with Crippen LogP contribution in [0.25, 0.3) is 0 Å². The second-order valence-corrected chi connectivity index (χ2v) is 7.89. The molecule has 1 aliphatic rings. The Morgan fingerprint density at radius 1 is 1.24 bits per heavy atom. The van der Waals surface area contributed by atoms with Gasteiger partial charge >= 0.3 is 0 Å². The van der Waals surface area contributed by atoms with Crippen molar-refractivity contribution in [2.45, 2.75) is 18.2 Å². The molecule has 0 radical (unpaired) electrons. The highest BCUT2D eigenvalue weighted by atomic mass is 79.9. The number of thiophene rings is 1. The zero-order valence-corrected chi connectivity index (χ0v) is 16.0. The molecule has 0 fully saturated rings. The van der Waals surface area contributed by atoms with Crippen molar-refractivity contribution < 1.29 is 9.47 Å². The minimum Gasteiger partial charge on any atom is -0.490 e. The fraction of sp³-hybridized carbons (Fsp3) is 0.333. The lowest BCUT2D eigenvalue weighted by Crippen LogP contribution is -1.97. The molecule has 1 unspecified atom stereocenters.